The molecular formula is C24H28FN5O6S. The number of sulfonamides is 1. The van der Waals surface area contributed by atoms with E-state index in [1.165, 1.54) is 28.9 Å². The summed E-state index contributed by atoms with van der Waals surface area (Å²) in [5.74, 6) is -1.22. The summed E-state index contributed by atoms with van der Waals surface area (Å²) in [4.78, 5) is 22.9. The van der Waals surface area contributed by atoms with Crippen molar-refractivity contribution < 1.29 is 27.3 Å². The molecule has 1 heterocycles. The number of benzene rings is 2. The lowest BCUT2D eigenvalue weighted by Crippen LogP contribution is -2.40. The lowest BCUT2D eigenvalue weighted by atomic mass is 10.1. The first kappa shape index (κ1) is 27.7. The van der Waals surface area contributed by atoms with Gasteiger partial charge in [0.05, 0.1) is 10.6 Å². The third-order valence-corrected chi connectivity index (χ3v) is 6.74. The summed E-state index contributed by atoms with van der Waals surface area (Å²) in [6, 6.07) is 8.38. The molecule has 0 atom stereocenters. The molecule has 2 N–H and O–H groups in total. The Hall–Kier alpha value is -3.84. The Balaban J connectivity index is 2.20. The molecule has 0 aliphatic rings. The van der Waals surface area contributed by atoms with Gasteiger partial charge in [-0.1, -0.05) is 6.92 Å². The minimum absolute atomic E-state index is 0.0191. The predicted molar refractivity (Wildman–Crippen MR) is 134 cm³/mol. The summed E-state index contributed by atoms with van der Waals surface area (Å²) < 4.78 is 49.7. The third kappa shape index (κ3) is 6.49. The van der Waals surface area contributed by atoms with Gasteiger partial charge in [0.2, 0.25) is 15.9 Å². The highest BCUT2D eigenvalue weighted by atomic mass is 32.2. The van der Waals surface area contributed by atoms with Gasteiger partial charge in [-0.2, -0.15) is 9.78 Å². The summed E-state index contributed by atoms with van der Waals surface area (Å²) in [7, 11) is -4.28. The molecule has 1 amide bonds. The minimum atomic E-state index is -4.28. The second kappa shape index (κ2) is 10.6. The number of carbonyl (C=O) groups excluding carboxylic acids is 1. The van der Waals surface area contributed by atoms with E-state index in [-0.39, 0.29) is 22.9 Å². The van der Waals surface area contributed by atoms with Crippen LogP contribution < -0.4 is 14.8 Å². The number of nitro benzene ring substituents is 1. The maximum Gasteiger partial charge on any atom is 0.272 e. The fourth-order valence-corrected chi connectivity index (χ4v) is 4.93. The molecule has 0 spiro atoms. The first-order chi connectivity index (χ1) is 17.2. The standard InChI is InChI=1S/C24H28FN5O6S/c1-6-13-26-22(31)21-15(2)23(29(27-21)17-9-7-16(25)8-10-17)36-19-12-11-18(30(32)33)14-20(19)37(34,35)28-24(3,4)5/h7-12,14,28H,6,13H2,1-5H3,(H,26,31). The van der Waals surface area contributed by atoms with Crippen molar-refractivity contribution in [3.8, 4) is 17.3 Å². The molecule has 0 saturated carbocycles. The first-order valence-electron chi connectivity index (χ1n) is 11.4. The zero-order valence-corrected chi connectivity index (χ0v) is 21.8. The maximum atomic E-state index is 13.6. The molecule has 37 heavy (non-hydrogen) atoms. The van der Waals surface area contributed by atoms with Crippen LogP contribution in [0.3, 0.4) is 0 Å². The van der Waals surface area contributed by atoms with Crippen LogP contribution in [0.15, 0.2) is 47.4 Å². The average molecular weight is 534 g/mol. The largest absolute Gasteiger partial charge is 0.437 e. The van der Waals surface area contributed by atoms with Crippen LogP contribution in [0.25, 0.3) is 5.69 Å². The number of hydrogen-bond donors (Lipinski definition) is 2. The molecule has 0 unspecified atom stereocenters. The van der Waals surface area contributed by atoms with E-state index in [0.717, 1.165) is 18.2 Å². The number of carbonyl (C=O) groups is 1. The molecule has 0 radical (unpaired) electrons. The summed E-state index contributed by atoms with van der Waals surface area (Å²) in [6.07, 6.45) is 0.692. The van der Waals surface area contributed by atoms with Gasteiger partial charge in [-0.05, 0) is 64.4 Å². The van der Waals surface area contributed by atoms with E-state index in [1.807, 2.05) is 6.92 Å². The van der Waals surface area contributed by atoms with Crippen LogP contribution >= 0.6 is 0 Å². The summed E-state index contributed by atoms with van der Waals surface area (Å²) in [6.45, 7) is 8.73. The second-order valence-corrected chi connectivity index (χ2v) is 10.9. The van der Waals surface area contributed by atoms with Crippen molar-refractivity contribution >= 4 is 21.6 Å². The maximum absolute atomic E-state index is 13.6. The fourth-order valence-electron chi connectivity index (χ4n) is 3.36. The number of ether oxygens (including phenoxy) is 1. The van der Waals surface area contributed by atoms with Crippen molar-refractivity contribution in [2.24, 2.45) is 0 Å². The molecule has 1 aromatic heterocycles. The van der Waals surface area contributed by atoms with E-state index in [1.54, 1.807) is 27.7 Å². The van der Waals surface area contributed by atoms with Crippen molar-refractivity contribution in [1.82, 2.24) is 19.8 Å². The lowest BCUT2D eigenvalue weighted by Gasteiger charge is -2.21. The van der Waals surface area contributed by atoms with Crippen LogP contribution in [-0.2, 0) is 10.0 Å². The number of aromatic nitrogens is 2. The molecule has 0 saturated heterocycles. The second-order valence-electron chi connectivity index (χ2n) is 9.27. The van der Waals surface area contributed by atoms with Crippen molar-refractivity contribution in [3.05, 3.63) is 69.7 Å². The highest BCUT2D eigenvalue weighted by molar-refractivity contribution is 7.89. The van der Waals surface area contributed by atoms with Crippen LogP contribution in [0.5, 0.6) is 11.6 Å². The highest BCUT2D eigenvalue weighted by Gasteiger charge is 2.30. The van der Waals surface area contributed by atoms with Crippen LogP contribution in [-0.4, -0.2) is 41.1 Å². The van der Waals surface area contributed by atoms with Crippen LogP contribution in [0.2, 0.25) is 0 Å². The molecule has 3 aromatic rings. The Labute approximate surface area is 213 Å². The van der Waals surface area contributed by atoms with E-state index < -0.39 is 42.8 Å². The van der Waals surface area contributed by atoms with Gasteiger partial charge in [0.15, 0.2) is 5.69 Å². The molecule has 0 fully saturated rings. The van der Waals surface area contributed by atoms with Crippen molar-refractivity contribution in [1.29, 1.82) is 0 Å². The average Bonchev–Trinajstić information content (AvgIpc) is 3.12. The molecule has 0 bridgehead atoms. The number of hydrogen-bond acceptors (Lipinski definition) is 7. The van der Waals surface area contributed by atoms with Crippen molar-refractivity contribution in [3.63, 3.8) is 0 Å². The van der Waals surface area contributed by atoms with Crippen LogP contribution in [0.1, 0.15) is 50.2 Å². The normalized spacial score (nSPS) is 11.8. The smallest absolute Gasteiger partial charge is 0.272 e. The van der Waals surface area contributed by atoms with Gasteiger partial charge >= 0.3 is 0 Å². The monoisotopic (exact) mass is 533 g/mol. The number of non-ortho nitro benzene ring substituents is 1. The molecule has 198 valence electrons. The van der Waals surface area contributed by atoms with Crippen LogP contribution in [0.4, 0.5) is 10.1 Å². The van der Waals surface area contributed by atoms with E-state index >= 15 is 0 Å². The van der Waals surface area contributed by atoms with Gasteiger partial charge in [0.25, 0.3) is 11.6 Å². The number of nitrogens with one attached hydrogen (secondary N) is 2. The van der Waals surface area contributed by atoms with Gasteiger partial charge in [-0.3, -0.25) is 14.9 Å². The van der Waals surface area contributed by atoms with E-state index in [2.05, 4.69) is 15.1 Å². The fraction of sp³-hybridized carbons (Fsp3) is 0.333. The topological polar surface area (TPSA) is 145 Å². The first-order valence-corrected chi connectivity index (χ1v) is 12.9. The van der Waals surface area contributed by atoms with Gasteiger partial charge in [0, 0.05) is 29.8 Å². The SMILES string of the molecule is CCCNC(=O)c1nn(-c2ccc(F)cc2)c(Oc2ccc([N+](=O)[O-])cc2S(=O)(=O)NC(C)(C)C)c1C. The quantitative estimate of drug-likeness (QED) is 0.309. The zero-order valence-electron chi connectivity index (χ0n) is 21.0. The molecule has 0 aliphatic carbocycles. The van der Waals surface area contributed by atoms with E-state index in [4.69, 9.17) is 4.74 Å². The lowest BCUT2D eigenvalue weighted by molar-refractivity contribution is -0.385. The molecule has 13 heteroatoms. The van der Waals surface area contributed by atoms with Gasteiger partial charge in [-0.15, -0.1) is 0 Å². The van der Waals surface area contributed by atoms with Gasteiger partial charge in [0.1, 0.15) is 16.5 Å². The molecule has 0 aliphatic heterocycles. The van der Waals surface area contributed by atoms with E-state index in [0.29, 0.717) is 18.7 Å². The Morgan fingerprint density at radius 2 is 1.84 bits per heavy atom. The number of rotatable bonds is 9. The molecule has 11 nitrogen and oxygen atoms in total. The van der Waals surface area contributed by atoms with Crippen molar-refractivity contribution in [2.75, 3.05) is 6.54 Å². The molecule has 3 rings (SSSR count). The van der Waals surface area contributed by atoms with Gasteiger partial charge < -0.3 is 10.1 Å². The van der Waals surface area contributed by atoms with Crippen molar-refractivity contribution in [2.45, 2.75) is 51.5 Å². The summed E-state index contributed by atoms with van der Waals surface area (Å²) in [5.41, 5.74) is -0.703. The molecular weight excluding hydrogens is 505 g/mol. The van der Waals surface area contributed by atoms with Gasteiger partial charge in [-0.25, -0.2) is 17.5 Å². The Morgan fingerprint density at radius 1 is 1.19 bits per heavy atom. The number of halogens is 1. The Bertz CT molecular complexity index is 1430. The van der Waals surface area contributed by atoms with E-state index in [9.17, 15) is 27.7 Å². The minimum Gasteiger partial charge on any atom is -0.437 e. The highest BCUT2D eigenvalue weighted by Crippen LogP contribution is 2.36. The zero-order chi connectivity index (χ0) is 27.5. The summed E-state index contributed by atoms with van der Waals surface area (Å²) >= 11 is 0. The molecule has 2 aromatic carbocycles. The number of nitro groups is 1. The number of nitrogens with zero attached hydrogens (tertiary/aromatic N) is 3. The number of amides is 1. The van der Waals surface area contributed by atoms with Crippen LogP contribution in [0, 0.1) is 22.9 Å². The Kier molecular flexibility index (Phi) is 7.98. The predicted octanol–water partition coefficient (Wildman–Crippen LogP) is 4.24. The Morgan fingerprint density at radius 3 is 2.41 bits per heavy atom. The third-order valence-electron chi connectivity index (χ3n) is 4.97. The summed E-state index contributed by atoms with van der Waals surface area (Å²) in [5, 5.41) is 18.4.